The second-order valence-corrected chi connectivity index (χ2v) is 15.0. The highest BCUT2D eigenvalue weighted by Gasteiger charge is 2.59. The van der Waals surface area contributed by atoms with Gasteiger partial charge in [0, 0.05) is 19.5 Å². The van der Waals surface area contributed by atoms with Gasteiger partial charge < -0.3 is 15.0 Å². The zero-order valence-electron chi connectivity index (χ0n) is 26.2. The summed E-state index contributed by atoms with van der Waals surface area (Å²) in [6, 6.07) is 0. The molecule has 4 rings (SSSR count). The Balaban J connectivity index is 1.37. The Morgan fingerprint density at radius 1 is 1.08 bits per heavy atom. The average molecular weight is 529 g/mol. The molecule has 4 aliphatic carbocycles. The number of alkyl carbamates (subject to hydrolysis) is 1. The van der Waals surface area contributed by atoms with Crippen molar-refractivity contribution in [2.75, 3.05) is 27.2 Å². The number of nitrogens with zero attached hydrogens (tertiary/aromatic N) is 1. The molecule has 4 nitrogen and oxygen atoms in total. The topological polar surface area (TPSA) is 41.6 Å². The van der Waals surface area contributed by atoms with Crippen LogP contribution in [0.3, 0.4) is 0 Å². The van der Waals surface area contributed by atoms with E-state index in [0.717, 1.165) is 60.8 Å². The van der Waals surface area contributed by atoms with E-state index < -0.39 is 0 Å². The summed E-state index contributed by atoms with van der Waals surface area (Å²) in [6.45, 7) is 16.5. The number of allylic oxidation sites excluding steroid dienone is 1. The van der Waals surface area contributed by atoms with Gasteiger partial charge in [0.2, 0.25) is 0 Å². The van der Waals surface area contributed by atoms with E-state index >= 15 is 0 Å². The van der Waals surface area contributed by atoms with Gasteiger partial charge in [0.25, 0.3) is 0 Å². The summed E-state index contributed by atoms with van der Waals surface area (Å²) in [5, 5.41) is 2.93. The zero-order chi connectivity index (χ0) is 27.7. The molecular formula is C34H60N2O2. The maximum atomic E-state index is 12.4. The van der Waals surface area contributed by atoms with Crippen molar-refractivity contribution in [3.63, 3.8) is 0 Å². The van der Waals surface area contributed by atoms with E-state index in [0.29, 0.717) is 17.4 Å². The summed E-state index contributed by atoms with van der Waals surface area (Å²) in [6.07, 6.45) is 16.7. The molecule has 0 aromatic rings. The Hall–Kier alpha value is -1.03. The lowest BCUT2D eigenvalue weighted by Crippen LogP contribution is -2.51. The first-order chi connectivity index (χ1) is 18.0. The van der Waals surface area contributed by atoms with Crippen LogP contribution in [0.25, 0.3) is 0 Å². The molecule has 3 fully saturated rings. The highest BCUT2D eigenvalue weighted by molar-refractivity contribution is 5.67. The Morgan fingerprint density at radius 3 is 2.53 bits per heavy atom. The maximum Gasteiger partial charge on any atom is 0.407 e. The monoisotopic (exact) mass is 528 g/mol. The van der Waals surface area contributed by atoms with Crippen molar-refractivity contribution >= 4 is 6.09 Å². The molecule has 218 valence electrons. The van der Waals surface area contributed by atoms with Gasteiger partial charge in [0.05, 0.1) is 0 Å². The fourth-order valence-electron chi connectivity index (χ4n) is 9.97. The summed E-state index contributed by atoms with van der Waals surface area (Å²) < 4.78 is 5.88. The van der Waals surface area contributed by atoms with Crippen LogP contribution < -0.4 is 5.32 Å². The lowest BCUT2D eigenvalue weighted by molar-refractivity contribution is -0.0583. The average Bonchev–Trinajstić information content (AvgIpc) is 3.21. The fourth-order valence-corrected chi connectivity index (χ4v) is 9.97. The van der Waals surface area contributed by atoms with Crippen LogP contribution >= 0.6 is 0 Å². The van der Waals surface area contributed by atoms with Gasteiger partial charge in [-0.2, -0.15) is 0 Å². The first-order valence-electron chi connectivity index (χ1n) is 16.3. The van der Waals surface area contributed by atoms with Gasteiger partial charge >= 0.3 is 6.09 Å². The number of nitrogens with one attached hydrogen (secondary N) is 1. The second-order valence-electron chi connectivity index (χ2n) is 15.0. The third kappa shape index (κ3) is 6.01. The van der Waals surface area contributed by atoms with Crippen molar-refractivity contribution in [1.29, 1.82) is 0 Å². The minimum absolute atomic E-state index is 0.0357. The number of ether oxygens (including phenoxy) is 1. The number of carbonyl (C=O) groups is 1. The van der Waals surface area contributed by atoms with Crippen molar-refractivity contribution < 1.29 is 9.53 Å². The van der Waals surface area contributed by atoms with E-state index in [9.17, 15) is 4.79 Å². The number of amides is 1. The molecule has 1 amide bonds. The second kappa shape index (κ2) is 12.2. The van der Waals surface area contributed by atoms with E-state index in [1.165, 1.54) is 57.8 Å². The van der Waals surface area contributed by atoms with Gasteiger partial charge in [-0.1, -0.05) is 66.0 Å². The standard InChI is InChI=1S/C34H60N2O2/c1-9-25(23(2)3)11-10-24(4)29-14-15-30-28-13-12-26-22-27(38-32(37)35-20-21-36(7)8)16-18-33(26,5)31(28)17-19-34(29,30)6/h12,23-25,27-31H,9-11,13-22H2,1-8H3,(H,35,37)/t24-,25-,27+,28+,29-,30+,31+,33+,34-/m1/s1. The largest absolute Gasteiger partial charge is 0.446 e. The number of hydrogen-bond acceptors (Lipinski definition) is 3. The quantitative estimate of drug-likeness (QED) is 0.290. The highest BCUT2D eigenvalue weighted by atomic mass is 16.6. The van der Waals surface area contributed by atoms with Gasteiger partial charge in [-0.15, -0.1) is 0 Å². The molecule has 0 aromatic carbocycles. The van der Waals surface area contributed by atoms with Crippen LogP contribution in [0, 0.1) is 52.3 Å². The van der Waals surface area contributed by atoms with Gasteiger partial charge in [-0.25, -0.2) is 4.79 Å². The molecule has 4 aliphatic rings. The molecule has 1 N–H and O–H groups in total. The van der Waals surface area contributed by atoms with E-state index in [1.54, 1.807) is 5.57 Å². The predicted molar refractivity (Wildman–Crippen MR) is 159 cm³/mol. The Morgan fingerprint density at radius 2 is 1.84 bits per heavy atom. The van der Waals surface area contributed by atoms with Crippen LogP contribution in [-0.4, -0.2) is 44.3 Å². The molecule has 4 heteroatoms. The van der Waals surface area contributed by atoms with E-state index in [2.05, 4.69) is 57.8 Å². The number of rotatable bonds is 10. The van der Waals surface area contributed by atoms with Gasteiger partial charge in [0.15, 0.2) is 0 Å². The van der Waals surface area contributed by atoms with E-state index in [1.807, 2.05) is 14.1 Å². The lowest BCUT2D eigenvalue weighted by atomic mass is 9.47. The normalized spacial score (nSPS) is 38.2. The lowest BCUT2D eigenvalue weighted by Gasteiger charge is -2.58. The van der Waals surface area contributed by atoms with Crippen molar-refractivity contribution in [2.45, 2.75) is 118 Å². The van der Waals surface area contributed by atoms with Crippen molar-refractivity contribution in [2.24, 2.45) is 52.3 Å². The van der Waals surface area contributed by atoms with Gasteiger partial charge in [0.1, 0.15) is 6.10 Å². The van der Waals surface area contributed by atoms with Crippen LogP contribution in [0.4, 0.5) is 4.79 Å². The number of fused-ring (bicyclic) bond motifs is 5. The van der Waals surface area contributed by atoms with Crippen LogP contribution in [0.15, 0.2) is 11.6 Å². The number of likely N-dealkylation sites (N-methyl/N-ethyl adjacent to an activating group) is 1. The van der Waals surface area contributed by atoms with Crippen LogP contribution in [-0.2, 0) is 4.74 Å². The first-order valence-corrected chi connectivity index (χ1v) is 16.3. The van der Waals surface area contributed by atoms with Crippen LogP contribution in [0.5, 0.6) is 0 Å². The molecular weight excluding hydrogens is 468 g/mol. The first kappa shape index (κ1) is 29.9. The van der Waals surface area contributed by atoms with Crippen molar-refractivity contribution in [3.8, 4) is 0 Å². The molecule has 0 radical (unpaired) electrons. The molecule has 0 spiro atoms. The summed E-state index contributed by atoms with van der Waals surface area (Å²) >= 11 is 0. The molecule has 9 atom stereocenters. The van der Waals surface area contributed by atoms with Crippen molar-refractivity contribution in [1.82, 2.24) is 10.2 Å². The SMILES string of the molecule is CC[C@H](CC[C@@H](C)[C@H]1CC[C@H]2[C@@H]3CC=C4C[C@@H](OC(=O)NCCN(C)C)CC[C@]4(C)[C@H]3CC[C@]12C)C(C)C. The molecule has 0 heterocycles. The molecule has 0 bridgehead atoms. The summed E-state index contributed by atoms with van der Waals surface area (Å²) in [7, 11) is 4.04. The van der Waals surface area contributed by atoms with Crippen LogP contribution in [0.1, 0.15) is 112 Å². The van der Waals surface area contributed by atoms with Crippen LogP contribution in [0.2, 0.25) is 0 Å². The molecule has 38 heavy (non-hydrogen) atoms. The molecule has 0 saturated heterocycles. The minimum Gasteiger partial charge on any atom is -0.446 e. The zero-order valence-corrected chi connectivity index (χ0v) is 26.2. The number of carbonyl (C=O) groups excluding carboxylic acids is 1. The third-order valence-corrected chi connectivity index (χ3v) is 12.4. The molecule has 0 unspecified atom stereocenters. The van der Waals surface area contributed by atoms with Gasteiger partial charge in [-0.3, -0.25) is 0 Å². The van der Waals surface area contributed by atoms with Gasteiger partial charge in [-0.05, 0) is 118 Å². The maximum absolute atomic E-state index is 12.4. The molecule has 3 saturated carbocycles. The Labute approximate surface area is 235 Å². The summed E-state index contributed by atoms with van der Waals surface area (Å²) in [5.41, 5.74) is 2.44. The van der Waals surface area contributed by atoms with E-state index in [4.69, 9.17) is 4.74 Å². The Bertz CT molecular complexity index is 836. The number of hydrogen-bond donors (Lipinski definition) is 1. The highest BCUT2D eigenvalue weighted by Crippen LogP contribution is 2.67. The summed E-state index contributed by atoms with van der Waals surface area (Å²) in [4.78, 5) is 14.4. The minimum atomic E-state index is -0.243. The van der Waals surface area contributed by atoms with E-state index in [-0.39, 0.29) is 12.2 Å². The molecule has 0 aromatic heterocycles. The molecule has 0 aliphatic heterocycles. The fraction of sp³-hybridized carbons (Fsp3) is 0.912. The smallest absolute Gasteiger partial charge is 0.407 e. The van der Waals surface area contributed by atoms with Crippen molar-refractivity contribution in [3.05, 3.63) is 11.6 Å². The Kier molecular flexibility index (Phi) is 9.64. The predicted octanol–water partition coefficient (Wildman–Crippen LogP) is 8.32. The third-order valence-electron chi connectivity index (χ3n) is 12.4. The summed E-state index contributed by atoms with van der Waals surface area (Å²) in [5.74, 6) is 6.04.